The maximum Gasteiger partial charge on any atom is 0.252 e. The fourth-order valence-corrected chi connectivity index (χ4v) is 0.952. The number of carbonyl (C=O) groups is 1. The summed E-state index contributed by atoms with van der Waals surface area (Å²) >= 11 is 0. The van der Waals surface area contributed by atoms with Gasteiger partial charge in [-0.2, -0.15) is 0 Å². The van der Waals surface area contributed by atoms with E-state index >= 15 is 0 Å². The molecule has 1 aromatic rings. The van der Waals surface area contributed by atoms with Crippen molar-refractivity contribution >= 4 is 5.91 Å². The average Bonchev–Trinajstić information content (AvgIpc) is 2.05. The summed E-state index contributed by atoms with van der Waals surface area (Å²) in [7, 11) is 0. The monoisotopic (exact) mass is 171 g/mol. The van der Waals surface area contributed by atoms with Gasteiger partial charge in [0.15, 0.2) is 0 Å². The van der Waals surface area contributed by atoms with Crippen LogP contribution >= 0.6 is 0 Å². The van der Waals surface area contributed by atoms with Crippen molar-refractivity contribution in [2.24, 2.45) is 5.73 Å². The lowest BCUT2D eigenvalue weighted by Gasteiger charge is -2.05. The minimum absolute atomic E-state index is 0.430. The lowest BCUT2D eigenvalue weighted by molar-refractivity contribution is 0.0996. The summed E-state index contributed by atoms with van der Waals surface area (Å²) in [6, 6.07) is 6.93. The van der Waals surface area contributed by atoms with E-state index in [-0.39, 0.29) is 0 Å². The number of nitrogens with two attached hydrogens (primary N) is 1. The predicted molar refractivity (Wildman–Crippen MR) is 46.1 cm³/mol. The molecule has 1 aromatic carbocycles. The van der Waals surface area contributed by atoms with Crippen LogP contribution in [0.15, 0.2) is 24.3 Å². The lowest BCUT2D eigenvalue weighted by Crippen LogP contribution is -2.12. The number of ether oxygens (including phenoxy) is 1. The predicted octanol–water partition coefficient (Wildman–Crippen LogP) is 1.18. The first kappa shape index (κ1) is 8.59. The number of primary amides is 1. The van der Waals surface area contributed by atoms with E-state index in [1.165, 1.54) is 0 Å². The molecule has 0 aliphatic heterocycles. The van der Waals surface area contributed by atoms with E-state index in [1.807, 2.05) is 6.92 Å². The number of hydrogen-bond acceptors (Lipinski definition) is 2. The molecule has 0 saturated heterocycles. The third kappa shape index (κ3) is 1.75. The van der Waals surface area contributed by atoms with Crippen molar-refractivity contribution in [2.45, 2.75) is 6.92 Å². The van der Waals surface area contributed by atoms with Gasteiger partial charge in [-0.3, -0.25) is 4.79 Å². The Hall–Kier alpha value is -1.51. The van der Waals surface area contributed by atoms with Gasteiger partial charge in [0.2, 0.25) is 0 Å². The Labute approximate surface area is 71.1 Å². The van der Waals surface area contributed by atoms with E-state index in [0.29, 0.717) is 17.9 Å². The molecule has 0 bridgehead atoms. The Morgan fingerprint density at radius 3 is 2.75 bits per heavy atom. The fraction of sp³-hybridized carbons (Fsp3) is 0.222. The zero-order valence-electron chi connectivity index (χ0n) is 6.91. The van der Waals surface area contributed by atoms with Gasteiger partial charge in [-0.25, -0.2) is 0 Å². The highest BCUT2D eigenvalue weighted by atomic mass is 16.6. The Balaban J connectivity index is 3.00. The van der Waals surface area contributed by atoms with Gasteiger partial charge in [0.1, 0.15) is 5.75 Å². The fourth-order valence-electron chi connectivity index (χ4n) is 0.952. The number of rotatable bonds is 3. The molecule has 12 heavy (non-hydrogen) atoms. The molecule has 0 fully saturated rings. The smallest absolute Gasteiger partial charge is 0.252 e. The second kappa shape index (κ2) is 3.76. The summed E-state index contributed by atoms with van der Waals surface area (Å²) < 4.78 is 5.20. The van der Waals surface area contributed by atoms with Gasteiger partial charge in [-0.1, -0.05) is 12.1 Å². The number of benzene rings is 1. The maximum atomic E-state index is 10.8. The zero-order valence-corrected chi connectivity index (χ0v) is 6.91. The van der Waals surface area contributed by atoms with Gasteiger partial charge in [0, 0.05) is 0 Å². The van der Waals surface area contributed by atoms with Crippen LogP contribution in [0.3, 0.4) is 0 Å². The summed E-state index contributed by atoms with van der Waals surface area (Å²) in [5, 5.41) is 0. The summed E-state index contributed by atoms with van der Waals surface area (Å²) in [5.41, 5.74) is 5.56. The topological polar surface area (TPSA) is 52.3 Å². The average molecular weight is 171 g/mol. The molecule has 0 aliphatic carbocycles. The largest absolute Gasteiger partial charge is 0.493 e. The van der Waals surface area contributed by atoms with Crippen molar-refractivity contribution in [1.29, 1.82) is 0 Å². The van der Waals surface area contributed by atoms with E-state index in [2.05, 4.69) is 0 Å². The molecule has 1 rings (SSSR count). The van der Waals surface area contributed by atoms with Crippen LogP contribution in [0.2, 0.25) is 0 Å². The highest BCUT2D eigenvalue weighted by Crippen LogP contribution is 2.16. The first-order valence-electron chi connectivity index (χ1n) is 3.77. The first-order chi connectivity index (χ1) is 5.75. The quantitative estimate of drug-likeness (QED) is 0.742. The third-order valence-electron chi connectivity index (χ3n) is 1.45. The van der Waals surface area contributed by atoms with E-state index in [4.69, 9.17) is 10.5 Å². The maximum absolute atomic E-state index is 10.8. The molecular formula is C9H11NO2. The second-order valence-electron chi connectivity index (χ2n) is 2.29. The molecule has 1 amide bonds. The Bertz CT molecular complexity index is 284. The lowest BCUT2D eigenvalue weighted by atomic mass is 10.8. The number of hydrogen-bond donors (Lipinski definition) is 1. The number of para-hydroxylation sites is 1. The van der Waals surface area contributed by atoms with E-state index in [1.54, 1.807) is 24.3 Å². The summed E-state index contributed by atoms with van der Waals surface area (Å²) in [4.78, 5) is 10.8. The first-order valence-corrected chi connectivity index (χ1v) is 3.77. The molecule has 0 radical (unpaired) electrons. The standard InChI is InChI=1S/C9H11NO2/c1-2-12-8-6-4-3-5-7(8)9(10)11/h3-6H,2H2,1H3,(H2,10,11)/i3+1,4+1,5+1,6+1,7+1,8+1. The Morgan fingerprint density at radius 2 is 2.17 bits per heavy atom. The molecular weight excluding hydrogens is 160 g/mol. The number of amides is 1. The van der Waals surface area contributed by atoms with Crippen LogP contribution in [-0.2, 0) is 0 Å². The minimum atomic E-state index is -0.459. The SMILES string of the molecule is CCO[13c]1[13cH][13cH][13cH][13cH][13c]1C(N)=O. The van der Waals surface area contributed by atoms with Crippen LogP contribution in [0.5, 0.6) is 5.75 Å². The molecule has 0 aromatic heterocycles. The van der Waals surface area contributed by atoms with Crippen LogP contribution in [0.25, 0.3) is 0 Å². The van der Waals surface area contributed by atoms with E-state index in [9.17, 15) is 4.79 Å². The summed E-state index contributed by atoms with van der Waals surface area (Å²) in [6.45, 7) is 2.39. The summed E-state index contributed by atoms with van der Waals surface area (Å²) in [6.07, 6.45) is 0. The normalized spacial score (nSPS) is 9.42. The highest BCUT2D eigenvalue weighted by Gasteiger charge is 2.06. The molecule has 0 aliphatic rings. The van der Waals surface area contributed by atoms with Crippen LogP contribution in [0.1, 0.15) is 17.3 Å². The van der Waals surface area contributed by atoms with Crippen molar-refractivity contribution < 1.29 is 9.53 Å². The molecule has 0 atom stereocenters. The van der Waals surface area contributed by atoms with Crippen molar-refractivity contribution in [3.05, 3.63) is 29.8 Å². The van der Waals surface area contributed by atoms with Crippen molar-refractivity contribution in [2.75, 3.05) is 6.61 Å². The van der Waals surface area contributed by atoms with Gasteiger partial charge >= 0.3 is 0 Å². The third-order valence-corrected chi connectivity index (χ3v) is 1.45. The minimum Gasteiger partial charge on any atom is -0.493 e. The van der Waals surface area contributed by atoms with Gasteiger partial charge in [-0.05, 0) is 19.1 Å². The molecule has 0 heterocycles. The molecule has 0 spiro atoms. The van der Waals surface area contributed by atoms with Crippen LogP contribution < -0.4 is 10.5 Å². The Kier molecular flexibility index (Phi) is 2.69. The van der Waals surface area contributed by atoms with Gasteiger partial charge in [-0.15, -0.1) is 0 Å². The molecule has 0 unspecified atom stereocenters. The highest BCUT2D eigenvalue weighted by molar-refractivity contribution is 5.95. The molecule has 3 heteroatoms. The van der Waals surface area contributed by atoms with Crippen LogP contribution in [0.4, 0.5) is 0 Å². The van der Waals surface area contributed by atoms with Crippen LogP contribution in [0, 0.1) is 0 Å². The van der Waals surface area contributed by atoms with Gasteiger partial charge in [0.05, 0.1) is 12.2 Å². The Morgan fingerprint density at radius 1 is 1.50 bits per heavy atom. The van der Waals surface area contributed by atoms with Gasteiger partial charge < -0.3 is 10.5 Å². The van der Waals surface area contributed by atoms with Crippen LogP contribution in [-0.4, -0.2) is 12.5 Å². The van der Waals surface area contributed by atoms with Crippen molar-refractivity contribution in [3.63, 3.8) is 0 Å². The zero-order chi connectivity index (χ0) is 8.97. The van der Waals surface area contributed by atoms with E-state index in [0.717, 1.165) is 0 Å². The van der Waals surface area contributed by atoms with Crippen molar-refractivity contribution in [1.82, 2.24) is 0 Å². The molecule has 3 nitrogen and oxygen atoms in total. The van der Waals surface area contributed by atoms with Gasteiger partial charge in [0.25, 0.3) is 5.91 Å². The molecule has 2 N–H and O–H groups in total. The van der Waals surface area contributed by atoms with Crippen molar-refractivity contribution in [3.8, 4) is 5.75 Å². The second-order valence-corrected chi connectivity index (χ2v) is 2.29. The molecule has 0 saturated carbocycles. The molecule has 64 valence electrons. The van der Waals surface area contributed by atoms with E-state index < -0.39 is 5.91 Å². The number of carbonyl (C=O) groups excluding carboxylic acids is 1. The summed E-state index contributed by atoms with van der Waals surface area (Å²) in [5.74, 6) is 0.0894.